The first-order chi connectivity index (χ1) is 10.3. The van der Waals surface area contributed by atoms with E-state index >= 15 is 0 Å². The van der Waals surface area contributed by atoms with E-state index in [1.807, 2.05) is 12.1 Å². The van der Waals surface area contributed by atoms with Crippen LogP contribution in [0.1, 0.15) is 11.1 Å². The van der Waals surface area contributed by atoms with Gasteiger partial charge in [0.25, 0.3) is 0 Å². The van der Waals surface area contributed by atoms with E-state index in [1.165, 1.54) is 15.8 Å². The van der Waals surface area contributed by atoms with Crippen LogP contribution >= 0.6 is 11.3 Å². The van der Waals surface area contributed by atoms with Gasteiger partial charge in [0.2, 0.25) is 0 Å². The quantitative estimate of drug-likeness (QED) is 0.718. The van der Waals surface area contributed by atoms with Crippen LogP contribution in [0, 0.1) is 0 Å². The van der Waals surface area contributed by atoms with Crippen LogP contribution in [-0.4, -0.2) is 18.6 Å². The molecule has 0 atom stereocenters. The molecule has 0 aliphatic carbocycles. The van der Waals surface area contributed by atoms with Crippen LogP contribution in [0.5, 0.6) is 5.75 Å². The highest BCUT2D eigenvalue weighted by atomic mass is 32.1. The third-order valence-corrected chi connectivity index (χ3v) is 5.09. The molecule has 3 nitrogen and oxygen atoms in total. The Hall–Kier alpha value is -2.07. The highest BCUT2D eigenvalue weighted by Gasteiger charge is 2.21. The summed E-state index contributed by atoms with van der Waals surface area (Å²) >= 11 is 1.77. The van der Waals surface area contributed by atoms with Crippen LogP contribution in [0.3, 0.4) is 0 Å². The Kier molecular flexibility index (Phi) is 3.04. The first kappa shape index (κ1) is 12.7. The van der Waals surface area contributed by atoms with Crippen LogP contribution < -0.4 is 9.64 Å². The van der Waals surface area contributed by atoms with Gasteiger partial charge in [-0.25, -0.2) is 4.98 Å². The van der Waals surface area contributed by atoms with Crippen molar-refractivity contribution in [1.82, 2.24) is 4.98 Å². The maximum absolute atomic E-state index is 5.47. The Morgan fingerprint density at radius 3 is 2.90 bits per heavy atom. The maximum atomic E-state index is 5.47. The number of hydrogen-bond acceptors (Lipinski definition) is 4. The number of ether oxygens (including phenoxy) is 1. The predicted octanol–water partition coefficient (Wildman–Crippen LogP) is 3.87. The van der Waals surface area contributed by atoms with E-state index in [0.717, 1.165) is 35.9 Å². The first-order valence-electron chi connectivity index (χ1n) is 7.10. The molecule has 21 heavy (non-hydrogen) atoms. The van der Waals surface area contributed by atoms with Crippen LogP contribution in [0.4, 0.5) is 5.13 Å². The van der Waals surface area contributed by atoms with Crippen LogP contribution in [0.2, 0.25) is 0 Å². The molecule has 0 saturated heterocycles. The van der Waals surface area contributed by atoms with Crippen molar-refractivity contribution >= 4 is 26.7 Å². The molecule has 0 bridgehead atoms. The van der Waals surface area contributed by atoms with Gasteiger partial charge in [0.15, 0.2) is 5.13 Å². The molecule has 0 radical (unpaired) electrons. The summed E-state index contributed by atoms with van der Waals surface area (Å²) in [6, 6.07) is 14.6. The Labute approximate surface area is 127 Å². The van der Waals surface area contributed by atoms with E-state index in [4.69, 9.17) is 9.72 Å². The maximum Gasteiger partial charge on any atom is 0.186 e. The number of benzene rings is 2. The predicted molar refractivity (Wildman–Crippen MR) is 87.4 cm³/mol. The number of nitrogens with zero attached hydrogens (tertiary/aromatic N) is 2. The summed E-state index contributed by atoms with van der Waals surface area (Å²) < 4.78 is 6.72. The van der Waals surface area contributed by atoms with Crippen molar-refractivity contribution in [3.05, 3.63) is 53.6 Å². The second-order valence-corrected chi connectivity index (χ2v) is 6.24. The number of rotatable bonds is 2. The van der Waals surface area contributed by atoms with E-state index in [1.54, 1.807) is 18.4 Å². The van der Waals surface area contributed by atoms with Crippen molar-refractivity contribution in [3.8, 4) is 5.75 Å². The summed E-state index contributed by atoms with van der Waals surface area (Å²) in [7, 11) is 1.75. The molecule has 4 heteroatoms. The lowest BCUT2D eigenvalue weighted by Gasteiger charge is -2.29. The Bertz CT molecular complexity index is 763. The Morgan fingerprint density at radius 2 is 2.05 bits per heavy atom. The minimum atomic E-state index is 0.909. The fourth-order valence-electron chi connectivity index (χ4n) is 2.92. The summed E-state index contributed by atoms with van der Waals surface area (Å²) in [5.41, 5.74) is 3.78. The second-order valence-electron chi connectivity index (χ2n) is 5.23. The molecule has 2 aromatic carbocycles. The monoisotopic (exact) mass is 296 g/mol. The molecule has 1 aliphatic heterocycles. The summed E-state index contributed by atoms with van der Waals surface area (Å²) in [4.78, 5) is 7.13. The van der Waals surface area contributed by atoms with Gasteiger partial charge in [-0.15, -0.1) is 0 Å². The number of fused-ring (bicyclic) bond motifs is 2. The minimum absolute atomic E-state index is 0.909. The van der Waals surface area contributed by atoms with Gasteiger partial charge in [-0.05, 0) is 30.2 Å². The number of methoxy groups -OCH3 is 1. The van der Waals surface area contributed by atoms with Gasteiger partial charge in [0.1, 0.15) is 5.75 Å². The first-order valence-corrected chi connectivity index (χ1v) is 7.92. The summed E-state index contributed by atoms with van der Waals surface area (Å²) in [5, 5.41) is 1.12. The molecule has 2 heterocycles. The number of aromatic nitrogens is 1. The molecule has 0 unspecified atom stereocenters. The highest BCUT2D eigenvalue weighted by Crippen LogP contribution is 2.34. The fourth-order valence-corrected chi connectivity index (χ4v) is 3.91. The molecule has 1 aromatic heterocycles. The third kappa shape index (κ3) is 2.16. The SMILES string of the molecule is COc1cccc2c1CCN(c1nc3ccccc3s1)C2. The average molecular weight is 296 g/mol. The summed E-state index contributed by atoms with van der Waals surface area (Å²) in [5.74, 6) is 1.01. The minimum Gasteiger partial charge on any atom is -0.496 e. The van der Waals surface area contributed by atoms with E-state index in [9.17, 15) is 0 Å². The second kappa shape index (κ2) is 5.04. The van der Waals surface area contributed by atoms with Crippen molar-refractivity contribution in [2.24, 2.45) is 0 Å². The van der Waals surface area contributed by atoms with E-state index in [2.05, 4.69) is 35.2 Å². The van der Waals surface area contributed by atoms with Crippen molar-refractivity contribution in [1.29, 1.82) is 0 Å². The summed E-state index contributed by atoms with van der Waals surface area (Å²) in [6.45, 7) is 1.90. The highest BCUT2D eigenvalue weighted by molar-refractivity contribution is 7.22. The zero-order valence-corrected chi connectivity index (χ0v) is 12.7. The zero-order valence-electron chi connectivity index (χ0n) is 11.9. The van der Waals surface area contributed by atoms with Gasteiger partial charge in [0, 0.05) is 18.7 Å². The lowest BCUT2D eigenvalue weighted by molar-refractivity contribution is 0.407. The van der Waals surface area contributed by atoms with Crippen molar-refractivity contribution < 1.29 is 4.74 Å². The molecule has 1 aliphatic rings. The molecular weight excluding hydrogens is 280 g/mol. The molecule has 4 rings (SSSR count). The Balaban J connectivity index is 1.69. The molecule has 0 saturated carbocycles. The molecule has 0 spiro atoms. The number of anilines is 1. The number of hydrogen-bond donors (Lipinski definition) is 0. The van der Waals surface area contributed by atoms with Gasteiger partial charge in [0.05, 0.1) is 17.3 Å². The van der Waals surface area contributed by atoms with Crippen molar-refractivity contribution in [3.63, 3.8) is 0 Å². The molecule has 0 N–H and O–H groups in total. The zero-order chi connectivity index (χ0) is 14.2. The normalized spacial score (nSPS) is 14.2. The van der Waals surface area contributed by atoms with Gasteiger partial charge in [-0.2, -0.15) is 0 Å². The van der Waals surface area contributed by atoms with E-state index < -0.39 is 0 Å². The Morgan fingerprint density at radius 1 is 1.14 bits per heavy atom. The number of thiazole rings is 1. The van der Waals surface area contributed by atoms with Crippen LogP contribution in [0.25, 0.3) is 10.2 Å². The molecule has 0 amide bonds. The third-order valence-electron chi connectivity index (χ3n) is 4.00. The summed E-state index contributed by atoms with van der Waals surface area (Å²) in [6.07, 6.45) is 1.01. The topological polar surface area (TPSA) is 25.4 Å². The van der Waals surface area contributed by atoms with Gasteiger partial charge < -0.3 is 9.64 Å². The number of para-hydroxylation sites is 1. The smallest absolute Gasteiger partial charge is 0.186 e. The standard InChI is InChI=1S/C17H16N2OS/c1-20-15-7-4-5-12-11-19(10-9-13(12)15)17-18-14-6-2-3-8-16(14)21-17/h2-8H,9-11H2,1H3. The molecule has 106 valence electrons. The van der Waals surface area contributed by atoms with E-state index in [-0.39, 0.29) is 0 Å². The lowest BCUT2D eigenvalue weighted by Crippen LogP contribution is -2.30. The van der Waals surface area contributed by atoms with Crippen LogP contribution in [-0.2, 0) is 13.0 Å². The molecular formula is C17H16N2OS. The lowest BCUT2D eigenvalue weighted by atomic mass is 9.99. The van der Waals surface area contributed by atoms with Gasteiger partial charge in [-0.1, -0.05) is 35.6 Å². The van der Waals surface area contributed by atoms with E-state index in [0.29, 0.717) is 0 Å². The van der Waals surface area contributed by atoms with Gasteiger partial charge >= 0.3 is 0 Å². The fraction of sp³-hybridized carbons (Fsp3) is 0.235. The largest absolute Gasteiger partial charge is 0.496 e. The van der Waals surface area contributed by atoms with Crippen molar-refractivity contribution in [2.75, 3.05) is 18.6 Å². The molecule has 0 fully saturated rings. The molecule has 3 aromatic rings. The average Bonchev–Trinajstić information content (AvgIpc) is 2.97. The van der Waals surface area contributed by atoms with Gasteiger partial charge in [-0.3, -0.25) is 0 Å². The van der Waals surface area contributed by atoms with Crippen LogP contribution in [0.15, 0.2) is 42.5 Å². The van der Waals surface area contributed by atoms with Crippen molar-refractivity contribution in [2.45, 2.75) is 13.0 Å².